The minimum atomic E-state index is -0.970. The summed E-state index contributed by atoms with van der Waals surface area (Å²) in [5.41, 5.74) is -0.475. The van der Waals surface area contributed by atoms with Gasteiger partial charge in [0.15, 0.2) is 0 Å². The first-order valence-corrected chi connectivity index (χ1v) is 7.21. The minimum Gasteiger partial charge on any atom is -0.340 e. The normalized spacial score (nSPS) is 21.4. The van der Waals surface area contributed by atoms with Gasteiger partial charge in [-0.1, -0.05) is 30.7 Å². The van der Waals surface area contributed by atoms with Gasteiger partial charge in [0.25, 0.3) is 0 Å². The van der Waals surface area contributed by atoms with E-state index in [1.165, 1.54) is 17.0 Å². The largest absolute Gasteiger partial charge is 0.340 e. The maximum Gasteiger partial charge on any atom is 0.248 e. The quantitative estimate of drug-likeness (QED) is 0.932. The van der Waals surface area contributed by atoms with E-state index in [0.717, 1.165) is 0 Å². The van der Waals surface area contributed by atoms with Crippen LogP contribution < -0.4 is 5.32 Å². The molecule has 1 aliphatic heterocycles. The number of amides is 2. The topological polar surface area (TPSA) is 49.4 Å². The van der Waals surface area contributed by atoms with E-state index >= 15 is 0 Å². The van der Waals surface area contributed by atoms with Gasteiger partial charge in [-0.3, -0.25) is 9.59 Å². The summed E-state index contributed by atoms with van der Waals surface area (Å²) < 4.78 is 13.5. The fraction of sp³-hybridized carbons (Fsp3) is 0.467. The third-order valence-electron chi connectivity index (χ3n) is 3.67. The lowest BCUT2D eigenvalue weighted by Crippen LogP contribution is -2.67. The lowest BCUT2D eigenvalue weighted by molar-refractivity contribution is -0.154. The molecule has 1 unspecified atom stereocenters. The summed E-state index contributed by atoms with van der Waals surface area (Å²) in [7, 11) is 0. The summed E-state index contributed by atoms with van der Waals surface area (Å²) in [6.07, 6.45) is 0.487. The predicted molar refractivity (Wildman–Crippen MR) is 78.3 cm³/mol. The van der Waals surface area contributed by atoms with Crippen molar-refractivity contribution >= 4 is 23.4 Å². The molecule has 2 amide bonds. The Balaban J connectivity index is 2.36. The highest BCUT2D eigenvalue weighted by molar-refractivity contribution is 6.31. The van der Waals surface area contributed by atoms with Crippen molar-refractivity contribution in [1.29, 1.82) is 0 Å². The molecule has 21 heavy (non-hydrogen) atoms. The van der Waals surface area contributed by atoms with Gasteiger partial charge in [0, 0.05) is 6.54 Å². The molecule has 1 aromatic rings. The molecule has 0 aliphatic carbocycles. The molecule has 1 aromatic carbocycles. The van der Waals surface area contributed by atoms with E-state index in [2.05, 4.69) is 5.32 Å². The molecule has 4 nitrogen and oxygen atoms in total. The van der Waals surface area contributed by atoms with Gasteiger partial charge in [0.1, 0.15) is 17.4 Å². The van der Waals surface area contributed by atoms with E-state index in [4.69, 9.17) is 11.6 Å². The van der Waals surface area contributed by atoms with Crippen LogP contribution in [0, 0.1) is 5.82 Å². The molecular weight excluding hydrogens is 295 g/mol. The number of benzene rings is 1. The van der Waals surface area contributed by atoms with E-state index in [1.807, 2.05) is 6.92 Å². The second kappa shape index (κ2) is 5.64. The SMILES string of the molecule is CCC1C(=O)NC(C)(C)C(=O)N1Cc1cccc(F)c1Cl. The van der Waals surface area contributed by atoms with Crippen LogP contribution in [0.2, 0.25) is 5.02 Å². The number of hydrogen-bond acceptors (Lipinski definition) is 2. The fourth-order valence-corrected chi connectivity index (χ4v) is 2.71. The zero-order chi connectivity index (χ0) is 15.8. The summed E-state index contributed by atoms with van der Waals surface area (Å²) >= 11 is 5.95. The van der Waals surface area contributed by atoms with Crippen LogP contribution in [0.15, 0.2) is 18.2 Å². The Hall–Kier alpha value is -1.62. The van der Waals surface area contributed by atoms with Gasteiger partial charge < -0.3 is 10.2 Å². The highest BCUT2D eigenvalue weighted by Gasteiger charge is 2.44. The highest BCUT2D eigenvalue weighted by atomic mass is 35.5. The Labute approximate surface area is 128 Å². The number of carbonyl (C=O) groups excluding carboxylic acids is 2. The zero-order valence-corrected chi connectivity index (χ0v) is 13.0. The smallest absolute Gasteiger partial charge is 0.248 e. The Morgan fingerprint density at radius 3 is 2.67 bits per heavy atom. The van der Waals surface area contributed by atoms with Crippen molar-refractivity contribution in [3.05, 3.63) is 34.6 Å². The average molecular weight is 313 g/mol. The zero-order valence-electron chi connectivity index (χ0n) is 12.2. The second-order valence-corrected chi connectivity index (χ2v) is 6.06. The first-order chi connectivity index (χ1) is 9.77. The molecule has 1 aliphatic rings. The maximum absolute atomic E-state index is 13.5. The van der Waals surface area contributed by atoms with Crippen molar-refractivity contribution in [2.24, 2.45) is 0 Å². The number of nitrogens with zero attached hydrogens (tertiary/aromatic N) is 1. The van der Waals surface area contributed by atoms with E-state index in [-0.39, 0.29) is 23.4 Å². The van der Waals surface area contributed by atoms with Gasteiger partial charge in [-0.05, 0) is 31.9 Å². The first-order valence-electron chi connectivity index (χ1n) is 6.84. The van der Waals surface area contributed by atoms with Crippen LogP contribution in [0.1, 0.15) is 32.8 Å². The van der Waals surface area contributed by atoms with Crippen LogP contribution >= 0.6 is 11.6 Å². The van der Waals surface area contributed by atoms with Crippen LogP contribution in [-0.4, -0.2) is 28.3 Å². The lowest BCUT2D eigenvalue weighted by Gasteiger charge is -2.42. The number of piperazine rings is 1. The van der Waals surface area contributed by atoms with Crippen LogP contribution in [0.5, 0.6) is 0 Å². The number of rotatable bonds is 3. The van der Waals surface area contributed by atoms with Crippen LogP contribution in [-0.2, 0) is 16.1 Å². The van der Waals surface area contributed by atoms with Crippen LogP contribution in [0.25, 0.3) is 0 Å². The lowest BCUT2D eigenvalue weighted by atomic mass is 9.95. The molecule has 1 heterocycles. The Morgan fingerprint density at radius 2 is 2.05 bits per heavy atom. The molecule has 0 bridgehead atoms. The molecule has 0 radical (unpaired) electrons. The number of halogens is 2. The Bertz CT molecular complexity index is 589. The van der Waals surface area contributed by atoms with E-state index in [9.17, 15) is 14.0 Å². The summed E-state index contributed by atoms with van der Waals surface area (Å²) in [5, 5.41) is 2.70. The number of nitrogens with one attached hydrogen (secondary N) is 1. The molecular formula is C15H18ClFN2O2. The van der Waals surface area contributed by atoms with E-state index in [1.54, 1.807) is 19.9 Å². The molecule has 0 saturated carbocycles. The van der Waals surface area contributed by atoms with Crippen molar-refractivity contribution in [3.63, 3.8) is 0 Å². The predicted octanol–water partition coefficient (Wildman–Crippen LogP) is 2.49. The summed E-state index contributed by atoms with van der Waals surface area (Å²) in [4.78, 5) is 26.1. The average Bonchev–Trinajstić information content (AvgIpc) is 2.40. The van der Waals surface area contributed by atoms with Gasteiger partial charge in [-0.2, -0.15) is 0 Å². The number of hydrogen-bond donors (Lipinski definition) is 1. The second-order valence-electron chi connectivity index (χ2n) is 5.68. The molecule has 1 atom stereocenters. The minimum absolute atomic E-state index is 0.0102. The van der Waals surface area contributed by atoms with Gasteiger partial charge in [-0.15, -0.1) is 0 Å². The Morgan fingerprint density at radius 1 is 1.38 bits per heavy atom. The van der Waals surface area contributed by atoms with Gasteiger partial charge in [0.05, 0.1) is 5.02 Å². The third kappa shape index (κ3) is 2.88. The first kappa shape index (κ1) is 15.8. The van der Waals surface area contributed by atoms with Crippen molar-refractivity contribution in [1.82, 2.24) is 10.2 Å². The van der Waals surface area contributed by atoms with Crippen molar-refractivity contribution in [2.45, 2.75) is 45.3 Å². The molecule has 1 N–H and O–H groups in total. The summed E-state index contributed by atoms with van der Waals surface area (Å²) in [6.45, 7) is 5.25. The van der Waals surface area contributed by atoms with Crippen LogP contribution in [0.4, 0.5) is 4.39 Å². The molecule has 6 heteroatoms. The monoisotopic (exact) mass is 312 g/mol. The summed E-state index contributed by atoms with van der Waals surface area (Å²) in [5.74, 6) is -0.931. The standard InChI is InChI=1S/C15H18ClFN2O2/c1-4-11-13(20)18-15(2,3)14(21)19(11)8-9-6-5-7-10(17)12(9)16/h5-7,11H,4,8H2,1-3H3,(H,18,20). The fourth-order valence-electron chi connectivity index (χ4n) is 2.53. The van der Waals surface area contributed by atoms with E-state index < -0.39 is 17.4 Å². The molecule has 114 valence electrons. The number of carbonyl (C=O) groups is 2. The molecule has 2 rings (SSSR count). The maximum atomic E-state index is 13.5. The highest BCUT2D eigenvalue weighted by Crippen LogP contribution is 2.26. The van der Waals surface area contributed by atoms with Crippen molar-refractivity contribution in [2.75, 3.05) is 0 Å². The van der Waals surface area contributed by atoms with Crippen molar-refractivity contribution < 1.29 is 14.0 Å². The molecule has 1 saturated heterocycles. The van der Waals surface area contributed by atoms with Gasteiger partial charge in [-0.25, -0.2) is 4.39 Å². The molecule has 0 spiro atoms. The van der Waals surface area contributed by atoms with Crippen LogP contribution in [0.3, 0.4) is 0 Å². The summed E-state index contributed by atoms with van der Waals surface area (Å²) in [6, 6.07) is 3.89. The Kier molecular flexibility index (Phi) is 4.23. The molecule has 0 aromatic heterocycles. The van der Waals surface area contributed by atoms with Gasteiger partial charge in [0.2, 0.25) is 11.8 Å². The van der Waals surface area contributed by atoms with Gasteiger partial charge >= 0.3 is 0 Å². The van der Waals surface area contributed by atoms with Crippen molar-refractivity contribution in [3.8, 4) is 0 Å². The van der Waals surface area contributed by atoms with E-state index in [0.29, 0.717) is 12.0 Å². The third-order valence-corrected chi connectivity index (χ3v) is 4.09. The molecule has 1 fully saturated rings.